The molecule has 0 bridgehead atoms. The number of carbonyl (C=O) groups excluding carboxylic acids is 1. The van der Waals surface area contributed by atoms with Gasteiger partial charge in [0.15, 0.2) is 5.82 Å². The molecule has 0 atom stereocenters. The standard InChI is InChI=1S/C21H24N6OS/c1-3-22-17-9-10-18(25-24-17)26-11-13-27(14-12-26)21(28)19-15(2)23-20(29-19)16-7-5-4-6-8-16/h4-10H,3,11-14H2,1-2H3,(H,22,24). The number of amides is 1. The Hall–Kier alpha value is -3.00. The summed E-state index contributed by atoms with van der Waals surface area (Å²) in [7, 11) is 0. The zero-order chi connectivity index (χ0) is 20.2. The molecule has 0 radical (unpaired) electrons. The normalized spacial score (nSPS) is 14.1. The monoisotopic (exact) mass is 408 g/mol. The van der Waals surface area contributed by atoms with E-state index < -0.39 is 0 Å². The van der Waals surface area contributed by atoms with Crippen LogP contribution in [0.2, 0.25) is 0 Å². The van der Waals surface area contributed by atoms with E-state index in [-0.39, 0.29) is 5.91 Å². The first-order chi connectivity index (χ1) is 14.2. The number of hydrogen-bond acceptors (Lipinski definition) is 7. The van der Waals surface area contributed by atoms with Gasteiger partial charge in [-0.25, -0.2) is 4.98 Å². The van der Waals surface area contributed by atoms with E-state index in [1.54, 1.807) is 0 Å². The average molecular weight is 409 g/mol. The van der Waals surface area contributed by atoms with Gasteiger partial charge < -0.3 is 15.1 Å². The van der Waals surface area contributed by atoms with Crippen LogP contribution in [0.3, 0.4) is 0 Å². The number of aryl methyl sites for hydroxylation is 1. The topological polar surface area (TPSA) is 74.2 Å². The van der Waals surface area contributed by atoms with Crippen LogP contribution in [0.4, 0.5) is 11.6 Å². The van der Waals surface area contributed by atoms with E-state index in [0.29, 0.717) is 13.1 Å². The number of hydrogen-bond donors (Lipinski definition) is 1. The maximum absolute atomic E-state index is 13.1. The number of rotatable bonds is 5. The number of nitrogens with zero attached hydrogens (tertiary/aromatic N) is 5. The summed E-state index contributed by atoms with van der Waals surface area (Å²) in [6.45, 7) is 7.56. The average Bonchev–Trinajstić information content (AvgIpc) is 3.16. The van der Waals surface area contributed by atoms with Crippen LogP contribution in [0.25, 0.3) is 10.6 Å². The molecule has 1 saturated heterocycles. The first-order valence-corrected chi connectivity index (χ1v) is 10.6. The molecule has 3 heterocycles. The van der Waals surface area contributed by atoms with Gasteiger partial charge >= 0.3 is 0 Å². The van der Waals surface area contributed by atoms with Crippen LogP contribution < -0.4 is 10.2 Å². The fourth-order valence-electron chi connectivity index (χ4n) is 3.35. The van der Waals surface area contributed by atoms with Crippen molar-refractivity contribution in [2.45, 2.75) is 13.8 Å². The number of thiazole rings is 1. The molecule has 1 N–H and O–H groups in total. The molecular formula is C21H24N6OS. The molecule has 1 aliphatic heterocycles. The summed E-state index contributed by atoms with van der Waals surface area (Å²) >= 11 is 1.47. The molecule has 0 unspecified atom stereocenters. The summed E-state index contributed by atoms with van der Waals surface area (Å²) in [5.74, 6) is 1.69. The van der Waals surface area contributed by atoms with E-state index in [9.17, 15) is 4.79 Å². The van der Waals surface area contributed by atoms with Gasteiger partial charge in [-0.1, -0.05) is 30.3 Å². The first-order valence-electron chi connectivity index (χ1n) is 9.80. The third-order valence-corrected chi connectivity index (χ3v) is 6.11. The summed E-state index contributed by atoms with van der Waals surface area (Å²) in [5.41, 5.74) is 1.84. The largest absolute Gasteiger partial charge is 0.369 e. The highest BCUT2D eigenvalue weighted by Crippen LogP contribution is 2.29. The van der Waals surface area contributed by atoms with Gasteiger partial charge in [-0.15, -0.1) is 21.5 Å². The van der Waals surface area contributed by atoms with Crippen LogP contribution in [0.1, 0.15) is 22.3 Å². The third kappa shape index (κ3) is 4.22. The van der Waals surface area contributed by atoms with Crippen LogP contribution in [0.15, 0.2) is 42.5 Å². The molecular weight excluding hydrogens is 384 g/mol. The van der Waals surface area contributed by atoms with Crippen LogP contribution in [0, 0.1) is 6.92 Å². The van der Waals surface area contributed by atoms with Crippen molar-refractivity contribution in [3.63, 3.8) is 0 Å². The minimum absolute atomic E-state index is 0.0652. The van der Waals surface area contributed by atoms with Crippen molar-refractivity contribution < 1.29 is 4.79 Å². The second kappa shape index (κ2) is 8.57. The lowest BCUT2D eigenvalue weighted by atomic mass is 10.2. The predicted molar refractivity (Wildman–Crippen MR) is 117 cm³/mol. The molecule has 3 aromatic rings. The van der Waals surface area contributed by atoms with Crippen LogP contribution >= 0.6 is 11.3 Å². The Morgan fingerprint density at radius 2 is 1.83 bits per heavy atom. The summed E-state index contributed by atoms with van der Waals surface area (Å²) in [5, 5.41) is 12.5. The molecule has 150 valence electrons. The Morgan fingerprint density at radius 1 is 1.07 bits per heavy atom. The van der Waals surface area contributed by atoms with E-state index in [1.807, 2.05) is 61.2 Å². The van der Waals surface area contributed by atoms with Gasteiger partial charge in [0.1, 0.15) is 15.7 Å². The molecule has 0 spiro atoms. The third-order valence-electron chi connectivity index (χ3n) is 4.91. The minimum Gasteiger partial charge on any atom is -0.369 e. The summed E-state index contributed by atoms with van der Waals surface area (Å²) < 4.78 is 0. The van der Waals surface area contributed by atoms with Gasteiger partial charge in [0, 0.05) is 38.3 Å². The molecule has 1 aliphatic rings. The highest BCUT2D eigenvalue weighted by Gasteiger charge is 2.26. The Kier molecular flexibility index (Phi) is 5.71. The van der Waals surface area contributed by atoms with Crippen molar-refractivity contribution in [1.82, 2.24) is 20.1 Å². The van der Waals surface area contributed by atoms with Gasteiger partial charge in [-0.3, -0.25) is 4.79 Å². The molecule has 1 amide bonds. The van der Waals surface area contributed by atoms with Crippen molar-refractivity contribution >= 4 is 28.9 Å². The lowest BCUT2D eigenvalue weighted by Crippen LogP contribution is -2.49. The smallest absolute Gasteiger partial charge is 0.265 e. The fraction of sp³-hybridized carbons (Fsp3) is 0.333. The minimum atomic E-state index is 0.0652. The van der Waals surface area contributed by atoms with Crippen molar-refractivity contribution in [2.75, 3.05) is 42.9 Å². The predicted octanol–water partition coefficient (Wildman–Crippen LogP) is 3.30. The lowest BCUT2D eigenvalue weighted by molar-refractivity contribution is 0.0750. The van der Waals surface area contributed by atoms with Gasteiger partial charge in [-0.05, 0) is 26.0 Å². The van der Waals surface area contributed by atoms with Crippen LogP contribution in [-0.2, 0) is 0 Å². The number of anilines is 2. The molecule has 1 fully saturated rings. The van der Waals surface area contributed by atoms with E-state index in [4.69, 9.17) is 0 Å². The Balaban J connectivity index is 1.41. The first kappa shape index (κ1) is 19.3. The molecule has 8 heteroatoms. The van der Waals surface area contributed by atoms with Gasteiger partial charge in [0.05, 0.1) is 5.69 Å². The summed E-state index contributed by atoms with van der Waals surface area (Å²) in [6.07, 6.45) is 0. The molecule has 4 rings (SSSR count). The van der Waals surface area contributed by atoms with Crippen LogP contribution in [-0.4, -0.2) is 58.7 Å². The Morgan fingerprint density at radius 3 is 2.48 bits per heavy atom. The molecule has 1 aromatic carbocycles. The van der Waals surface area contributed by atoms with Crippen molar-refractivity contribution in [2.24, 2.45) is 0 Å². The number of piperazine rings is 1. The maximum atomic E-state index is 13.1. The number of carbonyl (C=O) groups is 1. The summed E-state index contributed by atoms with van der Waals surface area (Å²) in [4.78, 5) is 22.5. The SMILES string of the molecule is CCNc1ccc(N2CCN(C(=O)c3sc(-c4ccccc4)nc3C)CC2)nn1. The zero-order valence-corrected chi connectivity index (χ0v) is 17.4. The van der Waals surface area contributed by atoms with E-state index >= 15 is 0 Å². The highest BCUT2D eigenvalue weighted by atomic mass is 32.1. The molecule has 2 aromatic heterocycles. The second-order valence-electron chi connectivity index (χ2n) is 6.89. The quantitative estimate of drug-likeness (QED) is 0.698. The van der Waals surface area contributed by atoms with E-state index in [1.165, 1.54) is 11.3 Å². The van der Waals surface area contributed by atoms with Crippen molar-refractivity contribution in [3.8, 4) is 10.6 Å². The zero-order valence-electron chi connectivity index (χ0n) is 16.6. The second-order valence-corrected chi connectivity index (χ2v) is 7.89. The molecule has 0 saturated carbocycles. The van der Waals surface area contributed by atoms with Crippen molar-refractivity contribution in [3.05, 3.63) is 53.0 Å². The van der Waals surface area contributed by atoms with Crippen molar-refractivity contribution in [1.29, 1.82) is 0 Å². The highest BCUT2D eigenvalue weighted by molar-refractivity contribution is 7.17. The van der Waals surface area contributed by atoms with Crippen LogP contribution in [0.5, 0.6) is 0 Å². The van der Waals surface area contributed by atoms with Gasteiger partial charge in [-0.2, -0.15) is 0 Å². The molecule has 0 aliphatic carbocycles. The van der Waals surface area contributed by atoms with E-state index in [2.05, 4.69) is 25.4 Å². The fourth-order valence-corrected chi connectivity index (χ4v) is 4.39. The maximum Gasteiger partial charge on any atom is 0.265 e. The summed E-state index contributed by atoms with van der Waals surface area (Å²) in [6, 6.07) is 13.9. The Bertz CT molecular complexity index is 965. The van der Waals surface area contributed by atoms with Gasteiger partial charge in [0.25, 0.3) is 5.91 Å². The number of aromatic nitrogens is 3. The number of nitrogens with one attached hydrogen (secondary N) is 1. The van der Waals surface area contributed by atoms with Gasteiger partial charge in [0.2, 0.25) is 0 Å². The van der Waals surface area contributed by atoms with E-state index in [0.717, 1.165) is 52.4 Å². The number of benzene rings is 1. The molecule has 29 heavy (non-hydrogen) atoms. The molecule has 7 nitrogen and oxygen atoms in total. The lowest BCUT2D eigenvalue weighted by Gasteiger charge is -2.35. The Labute approximate surface area is 174 Å².